The predicted molar refractivity (Wildman–Crippen MR) is 78.2 cm³/mol. The summed E-state index contributed by atoms with van der Waals surface area (Å²) in [6.45, 7) is 0. The smallest absolute Gasteiger partial charge is 0.258 e. The van der Waals surface area contributed by atoms with Gasteiger partial charge in [-0.2, -0.15) is 0 Å². The second-order valence-electron chi connectivity index (χ2n) is 3.70. The van der Waals surface area contributed by atoms with Crippen molar-refractivity contribution in [3.05, 3.63) is 55.7 Å². The highest BCUT2D eigenvalue weighted by Crippen LogP contribution is 2.26. The minimum absolute atomic E-state index is 0.0203. The number of nitro groups is 1. The van der Waals surface area contributed by atoms with Crippen LogP contribution in [0.4, 0.5) is 5.69 Å². The van der Waals surface area contributed by atoms with E-state index in [2.05, 4.69) is 36.8 Å². The molecule has 0 unspecified atom stereocenters. The van der Waals surface area contributed by atoms with Crippen molar-refractivity contribution < 1.29 is 13.3 Å². The number of hydrogen-bond acceptors (Lipinski definition) is 5. The van der Waals surface area contributed by atoms with Crippen LogP contribution in [0, 0.1) is 10.1 Å². The van der Waals surface area contributed by atoms with E-state index in [-0.39, 0.29) is 15.5 Å². The maximum atomic E-state index is 12.4. The van der Waals surface area contributed by atoms with Crippen molar-refractivity contribution >= 4 is 47.4 Å². The van der Waals surface area contributed by atoms with Gasteiger partial charge in [-0.1, -0.05) is 0 Å². The normalized spacial score (nSPS) is 11.3. The van der Waals surface area contributed by atoms with E-state index in [1.807, 2.05) is 0 Å². The van der Waals surface area contributed by atoms with Gasteiger partial charge in [0.15, 0.2) is 0 Å². The van der Waals surface area contributed by atoms with Crippen LogP contribution in [0.25, 0.3) is 0 Å². The van der Waals surface area contributed by atoms with E-state index < -0.39 is 14.8 Å². The van der Waals surface area contributed by atoms with Crippen molar-refractivity contribution in [1.82, 2.24) is 4.98 Å². The Morgan fingerprint density at radius 3 is 1.95 bits per heavy atom. The van der Waals surface area contributed by atoms with Crippen molar-refractivity contribution in [1.29, 1.82) is 0 Å². The van der Waals surface area contributed by atoms with E-state index in [1.165, 1.54) is 24.3 Å². The molecule has 0 bridgehead atoms. The van der Waals surface area contributed by atoms with Crippen molar-refractivity contribution in [2.75, 3.05) is 0 Å². The zero-order chi connectivity index (χ0) is 14.9. The summed E-state index contributed by atoms with van der Waals surface area (Å²) in [4.78, 5) is 13.9. The Labute approximate surface area is 131 Å². The zero-order valence-electron chi connectivity index (χ0n) is 9.66. The number of aromatic nitrogens is 1. The lowest BCUT2D eigenvalue weighted by molar-refractivity contribution is -0.384. The van der Waals surface area contributed by atoms with Gasteiger partial charge >= 0.3 is 0 Å². The first-order chi connectivity index (χ1) is 9.30. The molecule has 2 rings (SSSR count). The number of non-ortho nitro benzene ring substituents is 1. The molecule has 0 fully saturated rings. The Hall–Kier alpha value is -1.32. The minimum atomic E-state index is -3.75. The maximum Gasteiger partial charge on any atom is 0.269 e. The molecule has 0 atom stereocenters. The first kappa shape index (κ1) is 15.1. The van der Waals surface area contributed by atoms with Crippen LogP contribution in [0.5, 0.6) is 0 Å². The molecule has 0 spiro atoms. The molecule has 0 aliphatic rings. The van der Waals surface area contributed by atoms with E-state index in [0.717, 1.165) is 12.1 Å². The molecule has 9 heteroatoms. The SMILES string of the molecule is O=[N+]([O-])c1ccc(S(=O)(=O)c2cc(Br)nc(Br)c2)cc1. The number of rotatable bonds is 3. The molecule has 0 aliphatic carbocycles. The van der Waals surface area contributed by atoms with E-state index >= 15 is 0 Å². The molecular formula is C11H6Br2N2O4S. The molecule has 0 radical (unpaired) electrons. The number of nitro benzene ring substituents is 1. The average molecular weight is 422 g/mol. The van der Waals surface area contributed by atoms with Gasteiger partial charge in [-0.15, -0.1) is 0 Å². The molecule has 0 amide bonds. The summed E-state index contributed by atoms with van der Waals surface area (Å²) in [5.41, 5.74) is -0.166. The molecule has 0 saturated heterocycles. The molecule has 6 nitrogen and oxygen atoms in total. The standard InChI is InChI=1S/C11H6Br2N2O4S/c12-10-5-9(6-11(13)14-10)20(18,19)8-3-1-7(2-4-8)15(16)17/h1-6H. The maximum absolute atomic E-state index is 12.4. The first-order valence-corrected chi connectivity index (χ1v) is 8.20. The topological polar surface area (TPSA) is 90.2 Å². The third-order valence-corrected chi connectivity index (χ3v) is 4.97. The van der Waals surface area contributed by atoms with Crippen molar-refractivity contribution in [3.8, 4) is 0 Å². The van der Waals surface area contributed by atoms with Crippen LogP contribution in [0.3, 0.4) is 0 Å². The number of hydrogen-bond donors (Lipinski definition) is 0. The largest absolute Gasteiger partial charge is 0.269 e. The fourth-order valence-corrected chi connectivity index (χ4v) is 4.20. The molecule has 1 aromatic heterocycles. The molecule has 1 aromatic carbocycles. The molecule has 0 N–H and O–H groups in total. The molecule has 104 valence electrons. The van der Waals surface area contributed by atoms with Crippen LogP contribution in [-0.2, 0) is 9.84 Å². The number of benzene rings is 1. The first-order valence-electron chi connectivity index (χ1n) is 5.13. The quantitative estimate of drug-likeness (QED) is 0.430. The Balaban J connectivity index is 2.51. The third-order valence-electron chi connectivity index (χ3n) is 2.40. The van der Waals surface area contributed by atoms with Crippen LogP contribution in [0.1, 0.15) is 0 Å². The van der Waals surface area contributed by atoms with Crippen LogP contribution in [-0.4, -0.2) is 18.3 Å². The number of sulfone groups is 1. The van der Waals surface area contributed by atoms with Gasteiger partial charge in [0, 0.05) is 12.1 Å². The molecule has 2 aromatic rings. The average Bonchev–Trinajstić information content (AvgIpc) is 2.37. The van der Waals surface area contributed by atoms with Crippen LogP contribution >= 0.6 is 31.9 Å². The number of halogens is 2. The number of nitrogens with zero attached hydrogens (tertiary/aromatic N) is 2. The van der Waals surface area contributed by atoms with E-state index in [9.17, 15) is 18.5 Å². The van der Waals surface area contributed by atoms with E-state index in [1.54, 1.807) is 0 Å². The summed E-state index contributed by atoms with van der Waals surface area (Å²) >= 11 is 6.23. The highest BCUT2D eigenvalue weighted by atomic mass is 79.9. The van der Waals surface area contributed by atoms with E-state index in [0.29, 0.717) is 9.21 Å². The summed E-state index contributed by atoms with van der Waals surface area (Å²) in [6.07, 6.45) is 0. The fourth-order valence-electron chi connectivity index (χ4n) is 1.48. The summed E-state index contributed by atoms with van der Waals surface area (Å²) in [5.74, 6) is 0. The zero-order valence-corrected chi connectivity index (χ0v) is 13.6. The van der Waals surface area contributed by atoms with Gasteiger partial charge in [0.2, 0.25) is 9.84 Å². The Bertz CT molecular complexity index is 755. The summed E-state index contributed by atoms with van der Waals surface area (Å²) in [5, 5.41) is 10.6. The molecule has 0 aliphatic heterocycles. The van der Waals surface area contributed by atoms with Gasteiger partial charge < -0.3 is 0 Å². The fraction of sp³-hybridized carbons (Fsp3) is 0. The summed E-state index contributed by atoms with van der Waals surface area (Å²) in [6, 6.07) is 7.44. The van der Waals surface area contributed by atoms with Gasteiger partial charge in [0.1, 0.15) is 9.21 Å². The Morgan fingerprint density at radius 1 is 1.00 bits per heavy atom. The third kappa shape index (κ3) is 3.05. The Morgan fingerprint density at radius 2 is 1.50 bits per heavy atom. The molecule has 20 heavy (non-hydrogen) atoms. The second-order valence-corrected chi connectivity index (χ2v) is 7.28. The lowest BCUT2D eigenvalue weighted by Gasteiger charge is -2.05. The molecule has 0 saturated carbocycles. The van der Waals surface area contributed by atoms with Gasteiger partial charge in [-0.05, 0) is 56.1 Å². The van der Waals surface area contributed by atoms with Crippen molar-refractivity contribution in [3.63, 3.8) is 0 Å². The number of pyridine rings is 1. The molecule has 1 heterocycles. The summed E-state index contributed by atoms with van der Waals surface area (Å²) < 4.78 is 25.5. The monoisotopic (exact) mass is 420 g/mol. The van der Waals surface area contributed by atoms with Crippen LogP contribution in [0.2, 0.25) is 0 Å². The lowest BCUT2D eigenvalue weighted by atomic mass is 10.3. The van der Waals surface area contributed by atoms with Gasteiger partial charge in [-0.25, -0.2) is 13.4 Å². The summed E-state index contributed by atoms with van der Waals surface area (Å²) in [7, 11) is -3.75. The van der Waals surface area contributed by atoms with E-state index in [4.69, 9.17) is 0 Å². The highest BCUT2D eigenvalue weighted by molar-refractivity contribution is 9.11. The highest BCUT2D eigenvalue weighted by Gasteiger charge is 2.20. The van der Waals surface area contributed by atoms with Gasteiger partial charge in [0.05, 0.1) is 14.7 Å². The van der Waals surface area contributed by atoms with Crippen molar-refractivity contribution in [2.45, 2.75) is 9.79 Å². The van der Waals surface area contributed by atoms with Crippen molar-refractivity contribution in [2.24, 2.45) is 0 Å². The minimum Gasteiger partial charge on any atom is -0.258 e. The lowest BCUT2D eigenvalue weighted by Crippen LogP contribution is -2.03. The molecular weight excluding hydrogens is 416 g/mol. The van der Waals surface area contributed by atoms with Gasteiger partial charge in [0.25, 0.3) is 5.69 Å². The van der Waals surface area contributed by atoms with Gasteiger partial charge in [-0.3, -0.25) is 10.1 Å². The van der Waals surface area contributed by atoms with Crippen LogP contribution in [0.15, 0.2) is 55.4 Å². The Kier molecular flexibility index (Phi) is 4.21. The predicted octanol–water partition coefficient (Wildman–Crippen LogP) is 3.35. The second kappa shape index (κ2) is 5.58. The van der Waals surface area contributed by atoms with Crippen LogP contribution < -0.4 is 0 Å².